The second kappa shape index (κ2) is 5.55. The number of hydrogen-bond donors (Lipinski definition) is 2. The summed E-state index contributed by atoms with van der Waals surface area (Å²) in [6, 6.07) is 10.4. The molecule has 2 aromatic rings. The fourth-order valence-corrected chi connectivity index (χ4v) is 2.49. The fourth-order valence-electron chi connectivity index (χ4n) is 1.84. The summed E-state index contributed by atoms with van der Waals surface area (Å²) < 4.78 is 28.6. The van der Waals surface area contributed by atoms with E-state index < -0.39 is 16.0 Å². The molecule has 21 heavy (non-hydrogen) atoms. The van der Waals surface area contributed by atoms with Crippen LogP contribution in [0.25, 0.3) is 0 Å². The third-order valence-corrected chi connectivity index (χ3v) is 3.76. The number of carboxylic acid groups (broad SMARTS) is 1. The number of primary sulfonamides is 1. The van der Waals surface area contributed by atoms with Gasteiger partial charge >= 0.3 is 5.97 Å². The Bertz CT molecular complexity index is 799. The second-order valence-electron chi connectivity index (χ2n) is 4.35. The normalized spacial score (nSPS) is 11.1. The molecular weight excluding hydrogens is 294 g/mol. The molecule has 0 aliphatic rings. The van der Waals surface area contributed by atoms with Crippen LogP contribution in [0, 0.1) is 6.92 Å². The summed E-state index contributed by atoms with van der Waals surface area (Å²) in [6.07, 6.45) is 0. The van der Waals surface area contributed by atoms with Gasteiger partial charge in [-0.2, -0.15) is 0 Å². The minimum atomic E-state index is -3.97. The zero-order valence-electron chi connectivity index (χ0n) is 11.1. The highest BCUT2D eigenvalue weighted by atomic mass is 32.2. The number of ether oxygens (including phenoxy) is 1. The predicted octanol–water partition coefficient (Wildman–Crippen LogP) is 2.13. The van der Waals surface area contributed by atoms with E-state index in [1.54, 1.807) is 25.1 Å². The Kier molecular flexibility index (Phi) is 3.97. The first-order valence-corrected chi connectivity index (χ1v) is 7.48. The summed E-state index contributed by atoms with van der Waals surface area (Å²) >= 11 is 0. The minimum absolute atomic E-state index is 0.0169. The number of carboxylic acids is 1. The van der Waals surface area contributed by atoms with Crippen molar-refractivity contribution in [1.29, 1.82) is 0 Å². The molecule has 110 valence electrons. The highest BCUT2D eigenvalue weighted by Gasteiger charge is 2.19. The molecule has 0 amide bonds. The maximum atomic E-state index is 11.5. The Morgan fingerprint density at radius 1 is 1.14 bits per heavy atom. The minimum Gasteiger partial charge on any atom is -0.478 e. The number of para-hydroxylation sites is 2. The molecule has 0 aliphatic heterocycles. The number of hydrogen-bond acceptors (Lipinski definition) is 4. The van der Waals surface area contributed by atoms with Gasteiger partial charge < -0.3 is 9.84 Å². The monoisotopic (exact) mass is 307 g/mol. The van der Waals surface area contributed by atoms with Gasteiger partial charge in [-0.1, -0.05) is 24.3 Å². The Hall–Kier alpha value is -2.38. The molecule has 0 unspecified atom stereocenters. The average Bonchev–Trinajstić information content (AvgIpc) is 2.40. The molecule has 0 aromatic heterocycles. The molecule has 3 N–H and O–H groups in total. The smallest absolute Gasteiger partial charge is 0.339 e. The molecule has 0 fully saturated rings. The van der Waals surface area contributed by atoms with E-state index in [1.807, 2.05) is 0 Å². The zero-order chi connectivity index (χ0) is 15.6. The maximum Gasteiger partial charge on any atom is 0.339 e. The molecule has 6 nitrogen and oxygen atoms in total. The first-order valence-electron chi connectivity index (χ1n) is 5.93. The van der Waals surface area contributed by atoms with Gasteiger partial charge in [-0.05, 0) is 30.7 Å². The molecule has 2 rings (SSSR count). The van der Waals surface area contributed by atoms with Gasteiger partial charge in [0.1, 0.15) is 22.0 Å². The summed E-state index contributed by atoms with van der Waals surface area (Å²) in [5, 5.41) is 14.3. The van der Waals surface area contributed by atoms with Crippen molar-refractivity contribution < 1.29 is 23.1 Å². The number of carbonyl (C=O) groups is 1. The summed E-state index contributed by atoms with van der Waals surface area (Å²) in [4.78, 5) is 11.0. The van der Waals surface area contributed by atoms with E-state index in [4.69, 9.17) is 9.88 Å². The van der Waals surface area contributed by atoms with Crippen molar-refractivity contribution in [2.24, 2.45) is 5.14 Å². The van der Waals surface area contributed by atoms with Crippen LogP contribution in [0.2, 0.25) is 0 Å². The van der Waals surface area contributed by atoms with Crippen LogP contribution < -0.4 is 9.88 Å². The fraction of sp³-hybridized carbons (Fsp3) is 0.0714. The van der Waals surface area contributed by atoms with Crippen LogP contribution in [0.1, 0.15) is 15.9 Å². The van der Waals surface area contributed by atoms with E-state index in [0.29, 0.717) is 5.56 Å². The molecule has 0 aliphatic carbocycles. The lowest BCUT2D eigenvalue weighted by Crippen LogP contribution is -2.13. The molecule has 0 spiro atoms. The van der Waals surface area contributed by atoms with Gasteiger partial charge in [-0.3, -0.25) is 0 Å². The first kappa shape index (κ1) is 15.0. The van der Waals surface area contributed by atoms with Gasteiger partial charge in [0.05, 0.1) is 0 Å². The van der Waals surface area contributed by atoms with Crippen molar-refractivity contribution in [3.8, 4) is 11.5 Å². The van der Waals surface area contributed by atoms with Crippen molar-refractivity contribution >= 4 is 16.0 Å². The number of aryl methyl sites for hydroxylation is 1. The largest absolute Gasteiger partial charge is 0.478 e. The van der Waals surface area contributed by atoms with Crippen LogP contribution in [0.5, 0.6) is 11.5 Å². The maximum absolute atomic E-state index is 11.5. The summed E-state index contributed by atoms with van der Waals surface area (Å²) in [6.45, 7) is 1.67. The van der Waals surface area contributed by atoms with Gasteiger partial charge in [0.25, 0.3) is 0 Å². The highest BCUT2D eigenvalue weighted by molar-refractivity contribution is 7.89. The molecule has 7 heteroatoms. The quantitative estimate of drug-likeness (QED) is 0.899. The molecule has 0 heterocycles. The van der Waals surface area contributed by atoms with Crippen LogP contribution in [-0.4, -0.2) is 19.5 Å². The van der Waals surface area contributed by atoms with Gasteiger partial charge in [0.15, 0.2) is 0 Å². The van der Waals surface area contributed by atoms with E-state index in [-0.39, 0.29) is 22.0 Å². The Balaban J connectivity index is 2.57. The molecule has 2 aromatic carbocycles. The van der Waals surface area contributed by atoms with E-state index in [9.17, 15) is 18.3 Å². The van der Waals surface area contributed by atoms with Gasteiger partial charge in [-0.25, -0.2) is 18.4 Å². The molecule has 0 atom stereocenters. The lowest BCUT2D eigenvalue weighted by Gasteiger charge is -2.13. The third-order valence-electron chi connectivity index (χ3n) is 2.81. The Labute approximate surface area is 121 Å². The summed E-state index contributed by atoms with van der Waals surface area (Å²) in [5.41, 5.74) is 0.512. The van der Waals surface area contributed by atoms with Crippen molar-refractivity contribution in [3.05, 3.63) is 53.6 Å². The van der Waals surface area contributed by atoms with Crippen molar-refractivity contribution in [2.75, 3.05) is 0 Å². The first-order chi connectivity index (χ1) is 9.80. The third kappa shape index (κ3) is 3.21. The summed E-state index contributed by atoms with van der Waals surface area (Å²) in [5.74, 6) is -1.10. The van der Waals surface area contributed by atoms with Crippen LogP contribution in [-0.2, 0) is 10.0 Å². The van der Waals surface area contributed by atoms with Crippen molar-refractivity contribution in [3.63, 3.8) is 0 Å². The molecule has 0 saturated carbocycles. The van der Waals surface area contributed by atoms with Crippen LogP contribution >= 0.6 is 0 Å². The van der Waals surface area contributed by atoms with E-state index in [2.05, 4.69) is 0 Å². The number of benzene rings is 2. The van der Waals surface area contributed by atoms with E-state index in [0.717, 1.165) is 0 Å². The van der Waals surface area contributed by atoms with Crippen LogP contribution in [0.15, 0.2) is 47.4 Å². The number of rotatable bonds is 4. The van der Waals surface area contributed by atoms with Crippen molar-refractivity contribution in [1.82, 2.24) is 0 Å². The topological polar surface area (TPSA) is 107 Å². The van der Waals surface area contributed by atoms with E-state index >= 15 is 0 Å². The van der Waals surface area contributed by atoms with Gasteiger partial charge in [0, 0.05) is 0 Å². The van der Waals surface area contributed by atoms with Crippen molar-refractivity contribution in [2.45, 2.75) is 11.8 Å². The molecule has 0 bridgehead atoms. The number of nitrogens with two attached hydrogens (primary N) is 1. The van der Waals surface area contributed by atoms with Crippen LogP contribution in [0.3, 0.4) is 0 Å². The molecular formula is C14H13NO5S. The Morgan fingerprint density at radius 3 is 2.43 bits per heavy atom. The van der Waals surface area contributed by atoms with E-state index in [1.165, 1.54) is 24.3 Å². The average molecular weight is 307 g/mol. The molecule has 0 radical (unpaired) electrons. The van der Waals surface area contributed by atoms with Crippen LogP contribution in [0.4, 0.5) is 0 Å². The molecule has 0 saturated heterocycles. The lowest BCUT2D eigenvalue weighted by atomic mass is 10.1. The van der Waals surface area contributed by atoms with Gasteiger partial charge in [0.2, 0.25) is 10.0 Å². The number of aromatic carboxylic acids is 1. The predicted molar refractivity (Wildman–Crippen MR) is 76.0 cm³/mol. The Morgan fingerprint density at radius 2 is 1.81 bits per heavy atom. The second-order valence-corrected chi connectivity index (χ2v) is 5.88. The SMILES string of the molecule is Cc1cccc(C(=O)O)c1Oc1ccccc1S(N)(=O)=O. The zero-order valence-corrected chi connectivity index (χ0v) is 11.9. The standard InChI is InChI=1S/C14H13NO5S/c1-9-5-4-6-10(14(16)17)13(9)20-11-7-2-3-8-12(11)21(15,18)19/h2-8H,1H3,(H,16,17)(H2,15,18,19). The number of sulfonamides is 1. The summed E-state index contributed by atoms with van der Waals surface area (Å²) in [7, 11) is -3.97. The highest BCUT2D eigenvalue weighted by Crippen LogP contribution is 2.32. The lowest BCUT2D eigenvalue weighted by molar-refractivity contribution is 0.0694. The van der Waals surface area contributed by atoms with Gasteiger partial charge in [-0.15, -0.1) is 0 Å².